The zero-order valence-corrected chi connectivity index (χ0v) is 16.4. The number of amides is 2. The lowest BCUT2D eigenvalue weighted by atomic mass is 10.0. The van der Waals surface area contributed by atoms with Gasteiger partial charge in [0.1, 0.15) is 17.3 Å². The number of anilines is 1. The molecule has 5 N–H and O–H groups in total. The minimum atomic E-state index is -0.587. The van der Waals surface area contributed by atoms with Crippen molar-refractivity contribution in [2.75, 3.05) is 5.32 Å². The first-order chi connectivity index (χ1) is 15.5. The number of H-pyrrole nitrogens is 1. The van der Waals surface area contributed by atoms with Crippen LogP contribution in [0.5, 0.6) is 5.75 Å². The van der Waals surface area contributed by atoms with Gasteiger partial charge in [0.2, 0.25) is 5.91 Å². The van der Waals surface area contributed by atoms with Crippen LogP contribution in [0.4, 0.5) is 17.2 Å². The Morgan fingerprint density at radius 1 is 1.12 bits per heavy atom. The SMILES string of the molecule is N#Cc1cn[nH]c1/N=N/c1c(O)c(C(=O)Nc2ccc(C(N)=O)cc2)cc2ccccc12. The van der Waals surface area contributed by atoms with E-state index >= 15 is 0 Å². The van der Waals surface area contributed by atoms with Gasteiger partial charge in [0.25, 0.3) is 5.91 Å². The number of nitrogens with zero attached hydrogens (tertiary/aromatic N) is 4. The highest BCUT2D eigenvalue weighted by Gasteiger charge is 2.19. The van der Waals surface area contributed by atoms with Crippen LogP contribution in [0.25, 0.3) is 10.8 Å². The number of nitrogens with two attached hydrogens (primary N) is 1. The monoisotopic (exact) mass is 425 g/mol. The maximum atomic E-state index is 12.9. The maximum absolute atomic E-state index is 12.9. The van der Waals surface area contributed by atoms with Crippen LogP contribution in [0.1, 0.15) is 26.3 Å². The molecule has 32 heavy (non-hydrogen) atoms. The smallest absolute Gasteiger partial charge is 0.259 e. The van der Waals surface area contributed by atoms with Crippen LogP contribution >= 0.6 is 0 Å². The van der Waals surface area contributed by atoms with E-state index in [1.807, 2.05) is 6.07 Å². The molecule has 4 rings (SSSR count). The highest BCUT2D eigenvalue weighted by atomic mass is 16.3. The molecular weight excluding hydrogens is 410 g/mol. The fourth-order valence-electron chi connectivity index (χ4n) is 3.05. The number of aromatic amines is 1. The molecule has 2 amide bonds. The molecule has 0 aliphatic heterocycles. The van der Waals surface area contributed by atoms with Gasteiger partial charge in [0.05, 0.1) is 11.8 Å². The fraction of sp³-hybridized carbons (Fsp3) is 0. The number of rotatable bonds is 5. The number of aromatic hydroxyl groups is 1. The van der Waals surface area contributed by atoms with Crippen molar-refractivity contribution in [1.29, 1.82) is 5.26 Å². The van der Waals surface area contributed by atoms with Gasteiger partial charge in [-0.25, -0.2) is 0 Å². The van der Waals surface area contributed by atoms with Crippen LogP contribution in [0.15, 0.2) is 71.0 Å². The van der Waals surface area contributed by atoms with Crippen LogP contribution in [0, 0.1) is 11.3 Å². The molecule has 0 aliphatic rings. The Kier molecular flexibility index (Phi) is 5.29. The molecule has 10 nitrogen and oxygen atoms in total. The van der Waals surface area contributed by atoms with Crippen LogP contribution < -0.4 is 11.1 Å². The van der Waals surface area contributed by atoms with E-state index in [9.17, 15) is 14.7 Å². The second-order valence-electron chi connectivity index (χ2n) is 6.68. The number of azo groups is 1. The first kappa shape index (κ1) is 20.2. The van der Waals surface area contributed by atoms with E-state index in [2.05, 4.69) is 25.7 Å². The Morgan fingerprint density at radius 2 is 1.88 bits per heavy atom. The molecule has 0 fully saturated rings. The van der Waals surface area contributed by atoms with Gasteiger partial charge in [0.15, 0.2) is 11.6 Å². The van der Waals surface area contributed by atoms with Crippen molar-refractivity contribution in [1.82, 2.24) is 10.2 Å². The summed E-state index contributed by atoms with van der Waals surface area (Å²) in [5.74, 6) is -1.42. The first-order valence-corrected chi connectivity index (χ1v) is 9.29. The van der Waals surface area contributed by atoms with Crippen molar-refractivity contribution in [3.8, 4) is 11.8 Å². The highest BCUT2D eigenvalue weighted by molar-refractivity contribution is 6.11. The number of phenols is 1. The lowest BCUT2D eigenvalue weighted by Crippen LogP contribution is -2.13. The lowest BCUT2D eigenvalue weighted by molar-refractivity contribution is 0.0998. The van der Waals surface area contributed by atoms with Crippen LogP contribution in [0.2, 0.25) is 0 Å². The van der Waals surface area contributed by atoms with E-state index in [1.165, 1.54) is 36.5 Å². The quantitative estimate of drug-likeness (QED) is 0.355. The Labute approximate surface area is 181 Å². The molecule has 4 aromatic rings. The van der Waals surface area contributed by atoms with E-state index in [1.54, 1.807) is 24.3 Å². The molecular formula is C22H15N7O3. The number of hydrogen-bond donors (Lipinski definition) is 4. The van der Waals surface area contributed by atoms with Gasteiger partial charge in [-0.2, -0.15) is 10.4 Å². The molecule has 3 aromatic carbocycles. The average molecular weight is 425 g/mol. The largest absolute Gasteiger partial charge is 0.505 e. The lowest BCUT2D eigenvalue weighted by Gasteiger charge is -2.11. The maximum Gasteiger partial charge on any atom is 0.259 e. The van der Waals surface area contributed by atoms with E-state index in [-0.39, 0.29) is 28.4 Å². The Bertz CT molecular complexity index is 1420. The third-order valence-electron chi connectivity index (χ3n) is 4.66. The summed E-state index contributed by atoms with van der Waals surface area (Å²) in [5, 5.41) is 38.2. The minimum absolute atomic E-state index is 0.0262. The molecule has 1 aromatic heterocycles. The summed E-state index contributed by atoms with van der Waals surface area (Å²) in [6.45, 7) is 0. The second kappa shape index (κ2) is 8.37. The Morgan fingerprint density at radius 3 is 2.59 bits per heavy atom. The van der Waals surface area contributed by atoms with E-state index < -0.39 is 11.8 Å². The number of nitriles is 1. The predicted octanol–water partition coefficient (Wildman–Crippen LogP) is 3.91. The molecule has 0 spiro atoms. The third-order valence-corrected chi connectivity index (χ3v) is 4.66. The number of primary amides is 1. The summed E-state index contributed by atoms with van der Waals surface area (Å²) in [5.41, 5.74) is 6.16. The number of aromatic nitrogens is 2. The highest BCUT2D eigenvalue weighted by Crippen LogP contribution is 2.39. The number of carbonyl (C=O) groups excluding carboxylic acids is 2. The molecule has 0 radical (unpaired) electrons. The second-order valence-corrected chi connectivity index (χ2v) is 6.68. The number of carbonyl (C=O) groups is 2. The molecule has 0 aliphatic carbocycles. The predicted molar refractivity (Wildman–Crippen MR) is 116 cm³/mol. The van der Waals surface area contributed by atoms with Crippen LogP contribution in [-0.4, -0.2) is 27.1 Å². The van der Waals surface area contributed by atoms with E-state index in [0.29, 0.717) is 22.0 Å². The Balaban J connectivity index is 1.73. The standard InChI is InChI=1S/C22H15N7O3/c23-10-14-11-25-28-21(14)29-27-18-16-4-2-1-3-13(16)9-17(19(18)30)22(32)26-15-7-5-12(6-8-15)20(24)31/h1-9,11,30H,(H2,24,31)(H,25,28)(H,26,32)/b29-27+. The Hall–Kier alpha value is -5.04. The van der Waals surface area contributed by atoms with Gasteiger partial charge in [-0.15, -0.1) is 10.2 Å². The van der Waals surface area contributed by atoms with Gasteiger partial charge >= 0.3 is 0 Å². The zero-order valence-electron chi connectivity index (χ0n) is 16.4. The number of benzene rings is 3. The number of phenolic OH excluding ortho intramolecular Hbond substituents is 1. The summed E-state index contributed by atoms with van der Waals surface area (Å²) in [7, 11) is 0. The van der Waals surface area contributed by atoms with Gasteiger partial charge in [0, 0.05) is 16.6 Å². The van der Waals surface area contributed by atoms with Gasteiger partial charge in [-0.3, -0.25) is 14.7 Å². The van der Waals surface area contributed by atoms with Crippen molar-refractivity contribution >= 4 is 39.8 Å². The topological polar surface area (TPSA) is 170 Å². The van der Waals surface area contributed by atoms with Crippen molar-refractivity contribution in [2.24, 2.45) is 16.0 Å². The summed E-state index contributed by atoms with van der Waals surface area (Å²) in [4.78, 5) is 24.1. The zero-order chi connectivity index (χ0) is 22.7. The molecule has 0 saturated heterocycles. The fourth-order valence-corrected chi connectivity index (χ4v) is 3.05. The van der Waals surface area contributed by atoms with Crippen LogP contribution in [0.3, 0.4) is 0 Å². The van der Waals surface area contributed by atoms with Crippen molar-refractivity contribution in [3.63, 3.8) is 0 Å². The number of hydrogen-bond acceptors (Lipinski definition) is 7. The molecule has 1 heterocycles. The number of fused-ring (bicyclic) bond motifs is 1. The van der Waals surface area contributed by atoms with Gasteiger partial charge in [-0.1, -0.05) is 24.3 Å². The first-order valence-electron chi connectivity index (χ1n) is 9.29. The molecule has 0 unspecified atom stereocenters. The molecule has 10 heteroatoms. The molecule has 0 saturated carbocycles. The average Bonchev–Trinajstić information content (AvgIpc) is 3.26. The van der Waals surface area contributed by atoms with Crippen molar-refractivity contribution in [3.05, 3.63) is 77.5 Å². The summed E-state index contributed by atoms with van der Waals surface area (Å²) in [6, 6.07) is 16.5. The molecule has 156 valence electrons. The van der Waals surface area contributed by atoms with E-state index in [4.69, 9.17) is 11.0 Å². The minimum Gasteiger partial charge on any atom is -0.505 e. The number of nitrogens with one attached hydrogen (secondary N) is 2. The van der Waals surface area contributed by atoms with Gasteiger partial charge in [-0.05, 0) is 35.7 Å². The van der Waals surface area contributed by atoms with Crippen molar-refractivity contribution < 1.29 is 14.7 Å². The molecule has 0 atom stereocenters. The normalized spacial score (nSPS) is 10.8. The summed E-state index contributed by atoms with van der Waals surface area (Å²) < 4.78 is 0. The van der Waals surface area contributed by atoms with Crippen molar-refractivity contribution in [2.45, 2.75) is 0 Å². The summed E-state index contributed by atoms with van der Waals surface area (Å²) >= 11 is 0. The molecule has 0 bridgehead atoms. The third kappa shape index (κ3) is 3.86. The van der Waals surface area contributed by atoms with Gasteiger partial charge < -0.3 is 16.2 Å². The summed E-state index contributed by atoms with van der Waals surface area (Å²) in [6.07, 6.45) is 1.31. The van der Waals surface area contributed by atoms with E-state index in [0.717, 1.165) is 0 Å². The van der Waals surface area contributed by atoms with Crippen LogP contribution in [-0.2, 0) is 0 Å².